The summed E-state index contributed by atoms with van der Waals surface area (Å²) in [6.07, 6.45) is 0.903. The van der Waals surface area contributed by atoms with Gasteiger partial charge in [0.25, 0.3) is 0 Å². The molecule has 0 spiro atoms. The van der Waals surface area contributed by atoms with Crippen molar-refractivity contribution in [2.45, 2.75) is 25.9 Å². The number of alkyl halides is 1. The summed E-state index contributed by atoms with van der Waals surface area (Å²) < 4.78 is 10.4. The molecule has 0 radical (unpaired) electrons. The van der Waals surface area contributed by atoms with E-state index >= 15 is 0 Å². The van der Waals surface area contributed by atoms with Crippen molar-refractivity contribution in [3.05, 3.63) is 0 Å². The van der Waals surface area contributed by atoms with E-state index in [-0.39, 0.29) is 5.60 Å². The Morgan fingerprint density at radius 3 is 2.36 bits per heavy atom. The van der Waals surface area contributed by atoms with Gasteiger partial charge in [-0.25, -0.2) is 0 Å². The van der Waals surface area contributed by atoms with Crippen LogP contribution in [0.2, 0.25) is 0 Å². The number of hydrogen-bond donors (Lipinski definition) is 0. The van der Waals surface area contributed by atoms with Gasteiger partial charge in [0.1, 0.15) is 0 Å². The Morgan fingerprint density at radius 1 is 1.27 bits per heavy atom. The number of rotatable bonds is 6. The third-order valence-corrected chi connectivity index (χ3v) is 1.78. The number of methoxy groups -OCH3 is 1. The minimum Gasteiger partial charge on any atom is -0.380 e. The fourth-order valence-electron chi connectivity index (χ4n) is 0.577. The first-order valence-corrected chi connectivity index (χ1v) is 4.35. The highest BCUT2D eigenvalue weighted by atomic mass is 35.5. The lowest BCUT2D eigenvalue weighted by molar-refractivity contribution is -0.00798. The predicted molar refractivity (Wildman–Crippen MR) is 47.2 cm³/mol. The molecular formula is C8H17ClO2. The highest BCUT2D eigenvalue weighted by Gasteiger charge is 2.15. The van der Waals surface area contributed by atoms with Gasteiger partial charge in [0.15, 0.2) is 0 Å². The fraction of sp³-hybridized carbons (Fsp3) is 1.00. The van der Waals surface area contributed by atoms with Gasteiger partial charge in [-0.3, -0.25) is 0 Å². The van der Waals surface area contributed by atoms with Crippen molar-refractivity contribution in [1.29, 1.82) is 0 Å². The van der Waals surface area contributed by atoms with Crippen LogP contribution in [0.15, 0.2) is 0 Å². The van der Waals surface area contributed by atoms with Gasteiger partial charge in [0, 0.05) is 19.6 Å². The Kier molecular flexibility index (Phi) is 5.92. The largest absolute Gasteiger partial charge is 0.380 e. The van der Waals surface area contributed by atoms with E-state index in [9.17, 15) is 0 Å². The van der Waals surface area contributed by atoms with E-state index in [1.165, 1.54) is 0 Å². The average molecular weight is 181 g/mol. The van der Waals surface area contributed by atoms with E-state index in [2.05, 4.69) is 0 Å². The minimum absolute atomic E-state index is 0.0771. The van der Waals surface area contributed by atoms with Crippen molar-refractivity contribution in [2.75, 3.05) is 26.2 Å². The van der Waals surface area contributed by atoms with E-state index in [1.54, 1.807) is 7.11 Å². The molecule has 0 unspecified atom stereocenters. The molecule has 0 aromatic heterocycles. The molecule has 11 heavy (non-hydrogen) atoms. The molecule has 0 aliphatic carbocycles. The summed E-state index contributed by atoms with van der Waals surface area (Å²) >= 11 is 5.43. The zero-order chi connectivity index (χ0) is 8.74. The molecule has 3 heteroatoms. The molecule has 0 rings (SSSR count). The van der Waals surface area contributed by atoms with Crippen molar-refractivity contribution in [1.82, 2.24) is 0 Å². The predicted octanol–water partition coefficient (Wildman–Crippen LogP) is 2.06. The highest BCUT2D eigenvalue weighted by molar-refractivity contribution is 6.17. The zero-order valence-corrected chi connectivity index (χ0v) is 8.28. The molecule has 0 bridgehead atoms. The molecule has 68 valence electrons. The van der Waals surface area contributed by atoms with Crippen LogP contribution in [-0.4, -0.2) is 31.8 Å². The molecule has 0 aliphatic rings. The standard InChI is InChI=1S/C8H17ClO2/c1-8(2,10-3)4-6-11-7-5-9/h4-7H2,1-3H3. The van der Waals surface area contributed by atoms with Gasteiger partial charge in [-0.05, 0) is 20.3 Å². The molecule has 2 nitrogen and oxygen atoms in total. The van der Waals surface area contributed by atoms with E-state index in [0.29, 0.717) is 19.1 Å². The van der Waals surface area contributed by atoms with Crippen LogP contribution in [0.5, 0.6) is 0 Å². The Labute approximate surface area is 73.8 Å². The SMILES string of the molecule is COC(C)(C)CCOCCCl. The van der Waals surface area contributed by atoms with Gasteiger partial charge in [0.2, 0.25) is 0 Å². The van der Waals surface area contributed by atoms with Gasteiger partial charge in [-0.15, -0.1) is 11.6 Å². The molecule has 0 heterocycles. The molecule has 0 aromatic carbocycles. The third-order valence-electron chi connectivity index (χ3n) is 1.62. The Hall–Kier alpha value is 0.210. The number of hydrogen-bond acceptors (Lipinski definition) is 2. The first kappa shape index (κ1) is 11.2. The van der Waals surface area contributed by atoms with Crippen LogP contribution in [-0.2, 0) is 9.47 Å². The average Bonchev–Trinajstić information content (AvgIpc) is 1.99. The molecule has 0 atom stereocenters. The molecule has 0 N–H and O–H groups in total. The molecule has 0 amide bonds. The van der Waals surface area contributed by atoms with E-state index in [4.69, 9.17) is 21.1 Å². The van der Waals surface area contributed by atoms with Crippen LogP contribution in [0.3, 0.4) is 0 Å². The van der Waals surface area contributed by atoms with Gasteiger partial charge in [0.05, 0.1) is 12.2 Å². The van der Waals surface area contributed by atoms with Crippen molar-refractivity contribution < 1.29 is 9.47 Å². The van der Waals surface area contributed by atoms with Crippen LogP contribution in [0.25, 0.3) is 0 Å². The van der Waals surface area contributed by atoms with Crippen LogP contribution in [0.4, 0.5) is 0 Å². The normalized spacial score (nSPS) is 12.0. The fourth-order valence-corrected chi connectivity index (χ4v) is 0.686. The summed E-state index contributed by atoms with van der Waals surface area (Å²) in [5.74, 6) is 0.563. The quantitative estimate of drug-likeness (QED) is 0.460. The van der Waals surface area contributed by atoms with Crippen molar-refractivity contribution >= 4 is 11.6 Å². The first-order valence-electron chi connectivity index (χ1n) is 3.81. The third kappa shape index (κ3) is 6.60. The van der Waals surface area contributed by atoms with Crippen molar-refractivity contribution in [2.24, 2.45) is 0 Å². The van der Waals surface area contributed by atoms with Crippen LogP contribution >= 0.6 is 11.6 Å². The molecule has 0 saturated heterocycles. The Balaban J connectivity index is 3.23. The lowest BCUT2D eigenvalue weighted by Gasteiger charge is -2.22. The lowest BCUT2D eigenvalue weighted by atomic mass is 10.1. The summed E-state index contributed by atoms with van der Waals surface area (Å²) in [5.41, 5.74) is -0.0771. The number of halogens is 1. The molecular weight excluding hydrogens is 164 g/mol. The Morgan fingerprint density at radius 2 is 1.91 bits per heavy atom. The van der Waals surface area contributed by atoms with Crippen LogP contribution in [0, 0.1) is 0 Å². The molecule has 0 saturated carbocycles. The maximum Gasteiger partial charge on any atom is 0.0644 e. The van der Waals surface area contributed by atoms with Gasteiger partial charge >= 0.3 is 0 Å². The summed E-state index contributed by atoms with van der Waals surface area (Å²) in [5, 5.41) is 0. The minimum atomic E-state index is -0.0771. The molecule has 0 fully saturated rings. The summed E-state index contributed by atoms with van der Waals surface area (Å²) in [7, 11) is 1.71. The lowest BCUT2D eigenvalue weighted by Crippen LogP contribution is -2.24. The summed E-state index contributed by atoms with van der Waals surface area (Å²) in [6, 6.07) is 0. The highest BCUT2D eigenvalue weighted by Crippen LogP contribution is 2.12. The summed E-state index contributed by atoms with van der Waals surface area (Å²) in [4.78, 5) is 0. The maximum absolute atomic E-state index is 5.43. The molecule has 0 aliphatic heterocycles. The van der Waals surface area contributed by atoms with E-state index in [1.807, 2.05) is 13.8 Å². The second-order valence-corrected chi connectivity index (χ2v) is 3.39. The van der Waals surface area contributed by atoms with Gasteiger partial charge in [-0.2, -0.15) is 0 Å². The second-order valence-electron chi connectivity index (χ2n) is 3.02. The Bertz CT molecular complexity index is 94.1. The van der Waals surface area contributed by atoms with Crippen molar-refractivity contribution in [3.8, 4) is 0 Å². The summed E-state index contributed by atoms with van der Waals surface area (Å²) in [6.45, 7) is 5.42. The van der Waals surface area contributed by atoms with E-state index < -0.39 is 0 Å². The van der Waals surface area contributed by atoms with Gasteiger partial charge in [-0.1, -0.05) is 0 Å². The van der Waals surface area contributed by atoms with Gasteiger partial charge < -0.3 is 9.47 Å². The van der Waals surface area contributed by atoms with Crippen LogP contribution < -0.4 is 0 Å². The maximum atomic E-state index is 5.43. The van der Waals surface area contributed by atoms with E-state index in [0.717, 1.165) is 6.42 Å². The van der Waals surface area contributed by atoms with Crippen molar-refractivity contribution in [3.63, 3.8) is 0 Å². The smallest absolute Gasteiger partial charge is 0.0644 e. The zero-order valence-electron chi connectivity index (χ0n) is 7.52. The number of ether oxygens (including phenoxy) is 2. The monoisotopic (exact) mass is 180 g/mol. The first-order chi connectivity index (χ1) is 5.12. The topological polar surface area (TPSA) is 18.5 Å². The molecule has 0 aromatic rings. The second kappa shape index (κ2) is 5.81. The van der Waals surface area contributed by atoms with Crippen LogP contribution in [0.1, 0.15) is 20.3 Å².